The quantitative estimate of drug-likeness (QED) is 0.906. The Morgan fingerprint density at radius 2 is 2.33 bits per heavy atom. The lowest BCUT2D eigenvalue weighted by molar-refractivity contribution is 0.00962. The first-order valence-corrected chi connectivity index (χ1v) is 7.08. The van der Waals surface area contributed by atoms with Gasteiger partial charge in [0.2, 0.25) is 0 Å². The van der Waals surface area contributed by atoms with E-state index in [9.17, 15) is 0 Å². The van der Waals surface area contributed by atoms with Crippen molar-refractivity contribution in [1.29, 1.82) is 0 Å². The van der Waals surface area contributed by atoms with E-state index in [4.69, 9.17) is 10.5 Å². The lowest BCUT2D eigenvalue weighted by Crippen LogP contribution is -2.42. The molecule has 1 saturated carbocycles. The van der Waals surface area contributed by atoms with Crippen LogP contribution < -0.4 is 5.73 Å². The molecule has 0 atom stereocenters. The standard InChI is InChI=1S/C12H19N3OS.ClH/c13-11-14-6-10(17-11)7-15-4-5-16-9-12(8-15)2-1-3-12;/h6H,1-5,7-9H2,(H2,13,14);1H. The second-order valence-electron chi connectivity index (χ2n) is 5.28. The summed E-state index contributed by atoms with van der Waals surface area (Å²) in [5.41, 5.74) is 6.12. The first-order valence-electron chi connectivity index (χ1n) is 6.26. The molecular weight excluding hydrogens is 270 g/mol. The summed E-state index contributed by atoms with van der Waals surface area (Å²) in [5.74, 6) is 0. The van der Waals surface area contributed by atoms with Crippen LogP contribution >= 0.6 is 23.7 Å². The number of thiazole rings is 1. The Kier molecular flexibility index (Phi) is 4.48. The van der Waals surface area contributed by atoms with Crippen LogP contribution in [0.15, 0.2) is 6.20 Å². The number of ether oxygens (including phenoxy) is 1. The Labute approximate surface area is 118 Å². The Morgan fingerprint density at radius 1 is 1.50 bits per heavy atom. The molecule has 3 rings (SSSR count). The summed E-state index contributed by atoms with van der Waals surface area (Å²) in [6.07, 6.45) is 5.92. The summed E-state index contributed by atoms with van der Waals surface area (Å²) in [6, 6.07) is 0. The number of nitrogen functional groups attached to an aromatic ring is 1. The molecule has 1 saturated heterocycles. The van der Waals surface area contributed by atoms with E-state index in [0.29, 0.717) is 10.5 Å². The molecule has 2 heterocycles. The molecule has 2 fully saturated rings. The lowest BCUT2D eigenvalue weighted by Gasteiger charge is -2.42. The second kappa shape index (κ2) is 5.74. The SMILES string of the molecule is Cl.Nc1ncc(CN2CCOCC3(CCC3)C2)s1. The summed E-state index contributed by atoms with van der Waals surface area (Å²) in [4.78, 5) is 7.88. The van der Waals surface area contributed by atoms with E-state index in [-0.39, 0.29) is 12.4 Å². The van der Waals surface area contributed by atoms with Crippen LogP contribution in [0.5, 0.6) is 0 Å². The Balaban J connectivity index is 0.00000120. The Hall–Kier alpha value is -0.360. The third kappa shape index (κ3) is 2.96. The normalized spacial score (nSPS) is 23.1. The van der Waals surface area contributed by atoms with E-state index in [1.54, 1.807) is 11.3 Å². The van der Waals surface area contributed by atoms with Crippen LogP contribution in [0.3, 0.4) is 0 Å². The van der Waals surface area contributed by atoms with Gasteiger partial charge in [-0.25, -0.2) is 4.98 Å². The molecule has 2 aliphatic rings. The smallest absolute Gasteiger partial charge is 0.180 e. The summed E-state index contributed by atoms with van der Waals surface area (Å²) < 4.78 is 5.75. The molecule has 0 unspecified atom stereocenters. The van der Waals surface area contributed by atoms with E-state index >= 15 is 0 Å². The molecule has 1 aliphatic heterocycles. The van der Waals surface area contributed by atoms with Crippen LogP contribution in [-0.4, -0.2) is 36.2 Å². The number of halogens is 1. The van der Waals surface area contributed by atoms with Gasteiger partial charge < -0.3 is 10.5 Å². The average Bonchev–Trinajstić information content (AvgIpc) is 2.54. The second-order valence-corrected chi connectivity index (χ2v) is 6.43. The highest BCUT2D eigenvalue weighted by molar-refractivity contribution is 7.15. The van der Waals surface area contributed by atoms with Crippen molar-refractivity contribution in [3.63, 3.8) is 0 Å². The first-order chi connectivity index (χ1) is 8.26. The van der Waals surface area contributed by atoms with Crippen molar-refractivity contribution in [3.8, 4) is 0 Å². The van der Waals surface area contributed by atoms with Gasteiger partial charge in [-0.1, -0.05) is 6.42 Å². The maximum Gasteiger partial charge on any atom is 0.180 e. The van der Waals surface area contributed by atoms with E-state index < -0.39 is 0 Å². The molecule has 1 spiro atoms. The number of rotatable bonds is 2. The number of aromatic nitrogens is 1. The number of hydrogen-bond donors (Lipinski definition) is 1. The molecule has 2 N–H and O–H groups in total. The summed E-state index contributed by atoms with van der Waals surface area (Å²) >= 11 is 1.60. The van der Waals surface area contributed by atoms with Crippen LogP contribution in [0.4, 0.5) is 5.13 Å². The fraction of sp³-hybridized carbons (Fsp3) is 0.750. The fourth-order valence-electron chi connectivity index (χ4n) is 2.81. The summed E-state index contributed by atoms with van der Waals surface area (Å²) in [5, 5.41) is 0.671. The van der Waals surface area contributed by atoms with E-state index in [2.05, 4.69) is 9.88 Å². The van der Waals surface area contributed by atoms with Gasteiger partial charge in [0.15, 0.2) is 5.13 Å². The zero-order valence-electron chi connectivity index (χ0n) is 10.4. The zero-order chi connectivity index (χ0) is 11.7. The number of anilines is 1. The maximum atomic E-state index is 5.75. The predicted molar refractivity (Wildman–Crippen MR) is 76.2 cm³/mol. The van der Waals surface area contributed by atoms with E-state index in [0.717, 1.165) is 26.3 Å². The summed E-state index contributed by atoms with van der Waals surface area (Å²) in [7, 11) is 0. The molecule has 1 aliphatic carbocycles. The molecule has 1 aromatic heterocycles. The van der Waals surface area contributed by atoms with Crippen molar-refractivity contribution < 1.29 is 4.74 Å². The Bertz CT molecular complexity index is 394. The molecule has 1 aromatic rings. The van der Waals surface area contributed by atoms with Crippen molar-refractivity contribution in [2.24, 2.45) is 5.41 Å². The number of nitrogens with zero attached hydrogens (tertiary/aromatic N) is 2. The molecule has 18 heavy (non-hydrogen) atoms. The molecule has 0 bridgehead atoms. The van der Waals surface area contributed by atoms with Gasteiger partial charge in [0.25, 0.3) is 0 Å². The topological polar surface area (TPSA) is 51.4 Å². The minimum Gasteiger partial charge on any atom is -0.379 e. The molecule has 6 heteroatoms. The highest BCUT2D eigenvalue weighted by Crippen LogP contribution is 2.42. The molecule has 102 valence electrons. The Morgan fingerprint density at radius 3 is 2.94 bits per heavy atom. The van der Waals surface area contributed by atoms with Crippen molar-refractivity contribution in [1.82, 2.24) is 9.88 Å². The largest absolute Gasteiger partial charge is 0.379 e. The zero-order valence-corrected chi connectivity index (χ0v) is 12.1. The highest BCUT2D eigenvalue weighted by atomic mass is 35.5. The highest BCUT2D eigenvalue weighted by Gasteiger charge is 2.40. The van der Waals surface area contributed by atoms with Crippen LogP contribution in [-0.2, 0) is 11.3 Å². The fourth-order valence-corrected chi connectivity index (χ4v) is 3.54. The number of hydrogen-bond acceptors (Lipinski definition) is 5. The van der Waals surface area contributed by atoms with Crippen molar-refractivity contribution in [2.45, 2.75) is 25.8 Å². The van der Waals surface area contributed by atoms with Crippen LogP contribution in [0, 0.1) is 5.41 Å². The van der Waals surface area contributed by atoms with Crippen LogP contribution in [0.25, 0.3) is 0 Å². The monoisotopic (exact) mass is 289 g/mol. The van der Waals surface area contributed by atoms with Gasteiger partial charge >= 0.3 is 0 Å². The molecule has 0 radical (unpaired) electrons. The van der Waals surface area contributed by atoms with Gasteiger partial charge in [-0.05, 0) is 12.8 Å². The van der Waals surface area contributed by atoms with Crippen molar-refractivity contribution >= 4 is 28.9 Å². The van der Waals surface area contributed by atoms with Gasteiger partial charge in [0.1, 0.15) is 0 Å². The van der Waals surface area contributed by atoms with Crippen LogP contribution in [0.1, 0.15) is 24.1 Å². The molecule has 0 amide bonds. The molecule has 0 aromatic carbocycles. The lowest BCUT2D eigenvalue weighted by atomic mass is 9.69. The third-order valence-electron chi connectivity index (χ3n) is 3.88. The predicted octanol–water partition coefficient (Wildman–Crippen LogP) is 2.15. The van der Waals surface area contributed by atoms with Gasteiger partial charge in [-0.3, -0.25) is 4.90 Å². The van der Waals surface area contributed by atoms with Crippen LogP contribution in [0.2, 0.25) is 0 Å². The van der Waals surface area contributed by atoms with Crippen molar-refractivity contribution in [3.05, 3.63) is 11.1 Å². The van der Waals surface area contributed by atoms with E-state index in [1.807, 2.05) is 6.20 Å². The minimum atomic E-state index is 0. The average molecular weight is 290 g/mol. The molecule has 4 nitrogen and oxygen atoms in total. The number of nitrogens with two attached hydrogens (primary N) is 1. The molecular formula is C12H20ClN3OS. The first kappa shape index (κ1) is 14.1. The minimum absolute atomic E-state index is 0. The maximum absolute atomic E-state index is 5.75. The van der Waals surface area contributed by atoms with Crippen molar-refractivity contribution in [2.75, 3.05) is 32.0 Å². The van der Waals surface area contributed by atoms with Gasteiger partial charge in [-0.2, -0.15) is 0 Å². The summed E-state index contributed by atoms with van der Waals surface area (Å²) in [6.45, 7) is 4.98. The van der Waals surface area contributed by atoms with Gasteiger partial charge in [0, 0.05) is 36.1 Å². The third-order valence-corrected chi connectivity index (χ3v) is 4.70. The van der Waals surface area contributed by atoms with Gasteiger partial charge in [0.05, 0.1) is 13.2 Å². The van der Waals surface area contributed by atoms with E-state index in [1.165, 1.54) is 30.7 Å². The van der Waals surface area contributed by atoms with Gasteiger partial charge in [-0.15, -0.1) is 23.7 Å².